The van der Waals surface area contributed by atoms with Crippen molar-refractivity contribution >= 4 is 5.91 Å². The van der Waals surface area contributed by atoms with E-state index in [-0.39, 0.29) is 17.5 Å². The Bertz CT molecular complexity index is 455. The van der Waals surface area contributed by atoms with Gasteiger partial charge >= 0.3 is 0 Å². The fourth-order valence-corrected chi connectivity index (χ4v) is 2.12. The molecule has 0 saturated heterocycles. The Morgan fingerprint density at radius 3 is 2.88 bits per heavy atom. The normalized spacial score (nSPS) is 24.3. The van der Waals surface area contributed by atoms with Crippen LogP contribution in [0.4, 0.5) is 0 Å². The third kappa shape index (κ3) is 2.94. The lowest BCUT2D eigenvalue weighted by atomic mass is 9.92. The molecule has 1 heterocycles. The number of aromatic amines is 1. The van der Waals surface area contributed by atoms with E-state index in [4.69, 9.17) is 0 Å². The van der Waals surface area contributed by atoms with Crippen molar-refractivity contribution in [1.29, 1.82) is 0 Å². The predicted molar refractivity (Wildman–Crippen MR) is 62.8 cm³/mol. The number of pyridine rings is 1. The van der Waals surface area contributed by atoms with Gasteiger partial charge in [0.15, 0.2) is 0 Å². The number of carbonyl (C=O) groups excluding carboxylic acids is 1. The van der Waals surface area contributed by atoms with Crippen LogP contribution in [0.5, 0.6) is 0 Å². The van der Waals surface area contributed by atoms with Gasteiger partial charge in [0.2, 0.25) is 5.56 Å². The lowest BCUT2D eigenvalue weighted by molar-refractivity contribution is 0.0717. The molecule has 1 aromatic rings. The molecule has 0 aromatic carbocycles. The quantitative estimate of drug-likeness (QED) is 0.695. The largest absolute Gasteiger partial charge is 0.391 e. The van der Waals surface area contributed by atoms with Crippen LogP contribution in [0, 0.1) is 0 Å². The lowest BCUT2D eigenvalue weighted by Gasteiger charge is -2.28. The fraction of sp³-hybridized carbons (Fsp3) is 0.500. The van der Waals surface area contributed by atoms with Gasteiger partial charge in [0.1, 0.15) is 0 Å². The molecule has 1 saturated carbocycles. The Labute approximate surface area is 98.9 Å². The van der Waals surface area contributed by atoms with E-state index in [2.05, 4.69) is 10.3 Å². The average molecular weight is 236 g/mol. The molecule has 3 N–H and O–H groups in total. The standard InChI is InChI=1S/C12H16N2O3/c15-10-4-2-1-3-9(10)14-12(17)8-5-6-13-11(16)7-8/h5-7,9-10,15H,1-4H2,(H,13,16)(H,14,17)/t9-,10-/m0/s1. The Balaban J connectivity index is 2.03. The minimum absolute atomic E-state index is 0.199. The van der Waals surface area contributed by atoms with E-state index in [1.807, 2.05) is 0 Å². The maximum absolute atomic E-state index is 11.8. The molecule has 2 rings (SSSR count). The van der Waals surface area contributed by atoms with Crippen molar-refractivity contribution in [1.82, 2.24) is 10.3 Å². The predicted octanol–water partition coefficient (Wildman–Crippen LogP) is 0.408. The van der Waals surface area contributed by atoms with E-state index in [1.165, 1.54) is 12.3 Å². The molecule has 1 amide bonds. The number of hydrogen-bond donors (Lipinski definition) is 3. The molecule has 1 aliphatic rings. The molecular formula is C12H16N2O3. The van der Waals surface area contributed by atoms with Gasteiger partial charge in [0.05, 0.1) is 12.1 Å². The second kappa shape index (κ2) is 5.14. The van der Waals surface area contributed by atoms with Crippen LogP contribution in [0.15, 0.2) is 23.1 Å². The van der Waals surface area contributed by atoms with Gasteiger partial charge in [-0.3, -0.25) is 9.59 Å². The lowest BCUT2D eigenvalue weighted by Crippen LogP contribution is -2.45. The molecule has 5 nitrogen and oxygen atoms in total. The number of rotatable bonds is 2. The molecule has 0 bridgehead atoms. The first kappa shape index (κ1) is 11.9. The van der Waals surface area contributed by atoms with Crippen molar-refractivity contribution in [2.24, 2.45) is 0 Å². The number of nitrogens with one attached hydrogen (secondary N) is 2. The van der Waals surface area contributed by atoms with Crippen LogP contribution < -0.4 is 10.9 Å². The van der Waals surface area contributed by atoms with E-state index >= 15 is 0 Å². The van der Waals surface area contributed by atoms with Crippen molar-refractivity contribution in [3.63, 3.8) is 0 Å². The third-order valence-electron chi connectivity index (χ3n) is 3.08. The van der Waals surface area contributed by atoms with E-state index in [9.17, 15) is 14.7 Å². The molecule has 17 heavy (non-hydrogen) atoms. The van der Waals surface area contributed by atoms with E-state index in [1.54, 1.807) is 6.07 Å². The summed E-state index contributed by atoms with van der Waals surface area (Å²) in [6.07, 6.45) is 4.48. The highest BCUT2D eigenvalue weighted by Crippen LogP contribution is 2.18. The highest BCUT2D eigenvalue weighted by atomic mass is 16.3. The number of aliphatic hydroxyl groups excluding tert-OH is 1. The Hall–Kier alpha value is -1.62. The summed E-state index contributed by atoms with van der Waals surface area (Å²) in [5.41, 5.74) is 0.0216. The monoisotopic (exact) mass is 236 g/mol. The maximum atomic E-state index is 11.8. The van der Waals surface area contributed by atoms with Crippen molar-refractivity contribution in [3.8, 4) is 0 Å². The molecule has 5 heteroatoms. The van der Waals surface area contributed by atoms with Crippen LogP contribution in [-0.2, 0) is 0 Å². The second-order valence-electron chi connectivity index (χ2n) is 4.37. The number of aromatic nitrogens is 1. The molecule has 0 radical (unpaired) electrons. The van der Waals surface area contributed by atoms with Crippen molar-refractivity contribution in [2.45, 2.75) is 37.8 Å². The molecule has 1 fully saturated rings. The van der Waals surface area contributed by atoms with Crippen molar-refractivity contribution in [3.05, 3.63) is 34.2 Å². The van der Waals surface area contributed by atoms with Crippen LogP contribution in [-0.4, -0.2) is 28.1 Å². The summed E-state index contributed by atoms with van der Waals surface area (Å²) in [7, 11) is 0. The fourth-order valence-electron chi connectivity index (χ4n) is 2.12. The zero-order chi connectivity index (χ0) is 12.3. The number of H-pyrrole nitrogens is 1. The number of aliphatic hydroxyl groups is 1. The maximum Gasteiger partial charge on any atom is 0.251 e. The SMILES string of the molecule is O=C(N[C@H]1CCCC[C@@H]1O)c1cc[nH]c(=O)c1. The van der Waals surface area contributed by atoms with Gasteiger partial charge in [-0.05, 0) is 18.9 Å². The van der Waals surface area contributed by atoms with Crippen molar-refractivity contribution in [2.75, 3.05) is 0 Å². The number of hydrogen-bond acceptors (Lipinski definition) is 3. The highest BCUT2D eigenvalue weighted by Gasteiger charge is 2.24. The third-order valence-corrected chi connectivity index (χ3v) is 3.08. The smallest absolute Gasteiger partial charge is 0.251 e. The summed E-state index contributed by atoms with van der Waals surface area (Å²) in [4.78, 5) is 25.4. The summed E-state index contributed by atoms with van der Waals surface area (Å²) in [6.45, 7) is 0. The number of amides is 1. The van der Waals surface area contributed by atoms with E-state index in [0.29, 0.717) is 5.56 Å². The number of carbonyl (C=O) groups is 1. The minimum atomic E-state index is -0.477. The second-order valence-corrected chi connectivity index (χ2v) is 4.37. The summed E-state index contributed by atoms with van der Waals surface area (Å²) < 4.78 is 0. The Morgan fingerprint density at radius 1 is 1.41 bits per heavy atom. The van der Waals surface area contributed by atoms with Crippen LogP contribution in [0.3, 0.4) is 0 Å². The molecule has 1 aliphatic carbocycles. The molecule has 0 unspecified atom stereocenters. The van der Waals surface area contributed by atoms with Gasteiger partial charge in [-0.15, -0.1) is 0 Å². The first-order valence-electron chi connectivity index (χ1n) is 5.84. The van der Waals surface area contributed by atoms with Crippen molar-refractivity contribution < 1.29 is 9.90 Å². The minimum Gasteiger partial charge on any atom is -0.391 e. The first-order valence-corrected chi connectivity index (χ1v) is 5.84. The molecule has 2 atom stereocenters. The molecule has 0 aliphatic heterocycles. The van der Waals surface area contributed by atoms with Crippen LogP contribution >= 0.6 is 0 Å². The van der Waals surface area contributed by atoms with Gasteiger partial charge in [-0.1, -0.05) is 12.8 Å². The zero-order valence-electron chi connectivity index (χ0n) is 9.48. The van der Waals surface area contributed by atoms with Crippen LogP contribution in [0.2, 0.25) is 0 Å². The van der Waals surface area contributed by atoms with Gasteiger partial charge in [0.25, 0.3) is 5.91 Å². The Kier molecular flexibility index (Phi) is 3.58. The molecule has 92 valence electrons. The zero-order valence-corrected chi connectivity index (χ0v) is 9.48. The Morgan fingerprint density at radius 2 is 2.18 bits per heavy atom. The topological polar surface area (TPSA) is 82.2 Å². The summed E-state index contributed by atoms with van der Waals surface area (Å²) in [5, 5.41) is 12.5. The summed E-state index contributed by atoms with van der Waals surface area (Å²) in [6, 6.07) is 2.60. The highest BCUT2D eigenvalue weighted by molar-refractivity contribution is 5.94. The van der Waals surface area contributed by atoms with E-state index in [0.717, 1.165) is 25.7 Å². The van der Waals surface area contributed by atoms with E-state index < -0.39 is 6.10 Å². The van der Waals surface area contributed by atoms with Gasteiger partial charge in [-0.2, -0.15) is 0 Å². The summed E-state index contributed by atoms with van der Waals surface area (Å²) in [5.74, 6) is -0.304. The van der Waals surface area contributed by atoms with Crippen LogP contribution in [0.1, 0.15) is 36.0 Å². The summed E-state index contributed by atoms with van der Waals surface area (Å²) >= 11 is 0. The molecular weight excluding hydrogens is 220 g/mol. The first-order chi connectivity index (χ1) is 8.16. The van der Waals surface area contributed by atoms with Gasteiger partial charge in [-0.25, -0.2) is 0 Å². The molecule has 0 spiro atoms. The molecule has 1 aromatic heterocycles. The van der Waals surface area contributed by atoms with Crippen LogP contribution in [0.25, 0.3) is 0 Å². The van der Waals surface area contributed by atoms with Gasteiger partial charge < -0.3 is 15.4 Å². The van der Waals surface area contributed by atoms with Gasteiger partial charge in [0, 0.05) is 17.8 Å². The average Bonchev–Trinajstić information content (AvgIpc) is 2.32.